The molecule has 2 aromatic carbocycles. The van der Waals surface area contributed by atoms with Crippen LogP contribution in [-0.4, -0.2) is 101 Å². The van der Waals surface area contributed by atoms with Crippen LogP contribution in [0.5, 0.6) is 0 Å². The second-order valence-electron chi connectivity index (χ2n) is 8.81. The molecule has 0 N–H and O–H groups in total. The van der Waals surface area contributed by atoms with Crippen molar-refractivity contribution < 1.29 is 23.7 Å². The van der Waals surface area contributed by atoms with Gasteiger partial charge in [0.2, 0.25) is 0 Å². The number of ether oxygens (including phenoxy) is 4. The minimum absolute atomic E-state index is 0.0336. The summed E-state index contributed by atoms with van der Waals surface area (Å²) in [5.41, 5.74) is 4.94. The topological polar surface area (TPSA) is 72.8 Å². The van der Waals surface area contributed by atoms with Crippen LogP contribution in [0.3, 0.4) is 0 Å². The van der Waals surface area contributed by atoms with E-state index in [4.69, 9.17) is 23.9 Å². The standard InChI is InChI=1S/C28H37N3O5/c1-2-36-27(32)22-35-20-19-34-18-17-33-16-15-30-11-13-31(14-12-30)28-25-9-5-3-7-23(25)21-24-8-4-6-10-26(24)29-28/h3-10H,2,11-22H2,1H3. The summed E-state index contributed by atoms with van der Waals surface area (Å²) < 4.78 is 21.2. The number of hydrogen-bond acceptors (Lipinski definition) is 8. The average molecular weight is 496 g/mol. The first-order valence-electron chi connectivity index (χ1n) is 12.9. The normalized spacial score (nSPS) is 15.6. The summed E-state index contributed by atoms with van der Waals surface area (Å²) in [6.07, 6.45) is 0.918. The van der Waals surface area contributed by atoms with E-state index in [1.807, 2.05) is 0 Å². The van der Waals surface area contributed by atoms with E-state index in [9.17, 15) is 4.79 Å². The SMILES string of the molecule is CCOC(=O)COCCOCCOCCN1CCN(C2=Nc3ccccc3Cc3ccccc32)CC1. The summed E-state index contributed by atoms with van der Waals surface area (Å²) in [4.78, 5) is 21.2. The highest BCUT2D eigenvalue weighted by atomic mass is 16.6. The fourth-order valence-corrected chi connectivity index (χ4v) is 4.46. The van der Waals surface area contributed by atoms with Gasteiger partial charge in [-0.25, -0.2) is 9.79 Å². The fraction of sp³-hybridized carbons (Fsp3) is 0.500. The van der Waals surface area contributed by atoms with Crippen molar-refractivity contribution in [2.75, 3.05) is 79.0 Å². The van der Waals surface area contributed by atoms with Crippen LogP contribution in [0.4, 0.5) is 5.69 Å². The maximum absolute atomic E-state index is 11.2. The molecule has 0 amide bonds. The van der Waals surface area contributed by atoms with Crippen molar-refractivity contribution in [3.05, 3.63) is 65.2 Å². The lowest BCUT2D eigenvalue weighted by Gasteiger charge is -2.36. The van der Waals surface area contributed by atoms with Gasteiger partial charge < -0.3 is 23.8 Å². The lowest BCUT2D eigenvalue weighted by molar-refractivity contribution is -0.149. The summed E-state index contributed by atoms with van der Waals surface area (Å²) in [5.74, 6) is 0.744. The lowest BCUT2D eigenvalue weighted by Crippen LogP contribution is -2.49. The number of aliphatic imine (C=N–C) groups is 1. The molecule has 0 aromatic heterocycles. The number of carbonyl (C=O) groups excluding carboxylic acids is 1. The third-order valence-electron chi connectivity index (χ3n) is 6.35. The molecule has 0 aliphatic carbocycles. The third-order valence-corrected chi connectivity index (χ3v) is 6.35. The Balaban J connectivity index is 1.14. The van der Waals surface area contributed by atoms with E-state index < -0.39 is 0 Å². The molecule has 0 atom stereocenters. The Kier molecular flexibility index (Phi) is 10.3. The monoisotopic (exact) mass is 495 g/mol. The van der Waals surface area contributed by atoms with Crippen molar-refractivity contribution >= 4 is 17.5 Å². The molecular weight excluding hydrogens is 458 g/mol. The number of benzene rings is 2. The number of esters is 1. The van der Waals surface area contributed by atoms with Crippen molar-refractivity contribution in [2.24, 2.45) is 4.99 Å². The van der Waals surface area contributed by atoms with Crippen LogP contribution >= 0.6 is 0 Å². The zero-order chi connectivity index (χ0) is 25.0. The van der Waals surface area contributed by atoms with Crippen molar-refractivity contribution in [2.45, 2.75) is 13.3 Å². The van der Waals surface area contributed by atoms with Crippen LogP contribution in [0.2, 0.25) is 0 Å². The predicted molar refractivity (Wildman–Crippen MR) is 139 cm³/mol. The zero-order valence-electron chi connectivity index (χ0n) is 21.2. The molecule has 2 heterocycles. The maximum Gasteiger partial charge on any atom is 0.332 e. The molecule has 36 heavy (non-hydrogen) atoms. The molecule has 0 unspecified atom stereocenters. The second kappa shape index (κ2) is 14.1. The van der Waals surface area contributed by atoms with Gasteiger partial charge in [0.05, 0.1) is 45.3 Å². The van der Waals surface area contributed by atoms with E-state index in [2.05, 4.69) is 58.3 Å². The predicted octanol–water partition coefficient (Wildman–Crippen LogP) is 2.90. The fourth-order valence-electron chi connectivity index (χ4n) is 4.46. The maximum atomic E-state index is 11.2. The highest BCUT2D eigenvalue weighted by Crippen LogP contribution is 2.29. The van der Waals surface area contributed by atoms with E-state index in [1.165, 1.54) is 16.7 Å². The number of para-hydroxylation sites is 1. The first-order valence-corrected chi connectivity index (χ1v) is 12.9. The summed E-state index contributed by atoms with van der Waals surface area (Å²) in [6.45, 7) is 9.42. The van der Waals surface area contributed by atoms with Crippen molar-refractivity contribution in [1.29, 1.82) is 0 Å². The highest BCUT2D eigenvalue weighted by molar-refractivity contribution is 6.02. The van der Waals surface area contributed by atoms with Crippen LogP contribution in [-0.2, 0) is 30.2 Å². The Morgan fingerprint density at radius 2 is 1.50 bits per heavy atom. The minimum atomic E-state index is -0.348. The average Bonchev–Trinajstić information content (AvgIpc) is 3.07. The largest absolute Gasteiger partial charge is 0.464 e. The molecule has 0 spiro atoms. The van der Waals surface area contributed by atoms with Gasteiger partial charge in [0, 0.05) is 44.7 Å². The molecule has 1 saturated heterocycles. The molecule has 0 radical (unpaired) electrons. The van der Waals surface area contributed by atoms with Crippen LogP contribution in [0.25, 0.3) is 0 Å². The molecule has 8 nitrogen and oxygen atoms in total. The second-order valence-corrected chi connectivity index (χ2v) is 8.81. The van der Waals surface area contributed by atoms with Crippen molar-refractivity contribution in [3.8, 4) is 0 Å². The van der Waals surface area contributed by atoms with Gasteiger partial charge in [0.15, 0.2) is 0 Å². The van der Waals surface area contributed by atoms with Gasteiger partial charge in [-0.05, 0) is 24.1 Å². The van der Waals surface area contributed by atoms with E-state index in [0.717, 1.165) is 50.7 Å². The van der Waals surface area contributed by atoms with Crippen molar-refractivity contribution in [1.82, 2.24) is 9.80 Å². The Labute approximate surface area is 213 Å². The molecule has 2 aromatic rings. The third kappa shape index (κ3) is 7.61. The Morgan fingerprint density at radius 3 is 2.28 bits per heavy atom. The van der Waals surface area contributed by atoms with Crippen LogP contribution in [0.1, 0.15) is 23.6 Å². The molecule has 0 bridgehead atoms. The first kappa shape index (κ1) is 26.3. The number of rotatable bonds is 12. The van der Waals surface area contributed by atoms with Gasteiger partial charge >= 0.3 is 5.97 Å². The molecule has 0 saturated carbocycles. The van der Waals surface area contributed by atoms with E-state index >= 15 is 0 Å². The number of amidine groups is 1. The van der Waals surface area contributed by atoms with Gasteiger partial charge in [-0.1, -0.05) is 42.5 Å². The first-order chi connectivity index (χ1) is 17.7. The lowest BCUT2D eigenvalue weighted by atomic mass is 9.99. The molecule has 1 fully saturated rings. The highest BCUT2D eigenvalue weighted by Gasteiger charge is 2.24. The number of piperazine rings is 1. The Bertz CT molecular complexity index is 1000. The van der Waals surface area contributed by atoms with E-state index in [-0.39, 0.29) is 12.6 Å². The number of nitrogens with zero attached hydrogens (tertiary/aromatic N) is 3. The number of fused-ring (bicyclic) bond motifs is 2. The van der Waals surface area contributed by atoms with Gasteiger partial charge in [-0.15, -0.1) is 0 Å². The van der Waals surface area contributed by atoms with E-state index in [0.29, 0.717) is 39.6 Å². The zero-order valence-corrected chi connectivity index (χ0v) is 21.2. The summed E-state index contributed by atoms with van der Waals surface area (Å²) in [5, 5.41) is 0. The van der Waals surface area contributed by atoms with E-state index in [1.54, 1.807) is 6.92 Å². The van der Waals surface area contributed by atoms with Crippen LogP contribution in [0.15, 0.2) is 53.5 Å². The molecule has 194 valence electrons. The van der Waals surface area contributed by atoms with Gasteiger partial charge in [0.1, 0.15) is 12.4 Å². The quantitative estimate of drug-likeness (QED) is 0.331. The number of carbonyl (C=O) groups is 1. The smallest absolute Gasteiger partial charge is 0.332 e. The Morgan fingerprint density at radius 1 is 0.833 bits per heavy atom. The minimum Gasteiger partial charge on any atom is -0.464 e. The van der Waals surface area contributed by atoms with Gasteiger partial charge in [-0.3, -0.25) is 4.90 Å². The molecule has 4 rings (SSSR count). The summed E-state index contributed by atoms with van der Waals surface area (Å²) in [7, 11) is 0. The Hall–Kier alpha value is -2.78. The van der Waals surface area contributed by atoms with Crippen LogP contribution in [0, 0.1) is 0 Å². The van der Waals surface area contributed by atoms with Gasteiger partial charge in [0.25, 0.3) is 0 Å². The molecule has 8 heteroatoms. The molecule has 2 aliphatic rings. The van der Waals surface area contributed by atoms with Crippen LogP contribution < -0.4 is 0 Å². The van der Waals surface area contributed by atoms with Gasteiger partial charge in [-0.2, -0.15) is 0 Å². The van der Waals surface area contributed by atoms with Crippen molar-refractivity contribution in [3.63, 3.8) is 0 Å². The number of hydrogen-bond donors (Lipinski definition) is 0. The summed E-state index contributed by atoms with van der Waals surface area (Å²) >= 11 is 0. The molecule has 2 aliphatic heterocycles. The molecular formula is C28H37N3O5. The summed E-state index contributed by atoms with van der Waals surface area (Å²) in [6, 6.07) is 17.1.